The van der Waals surface area contributed by atoms with Crippen molar-refractivity contribution < 1.29 is 9.53 Å². The molecule has 5 nitrogen and oxygen atoms in total. The van der Waals surface area contributed by atoms with Crippen molar-refractivity contribution in [1.29, 1.82) is 0 Å². The van der Waals surface area contributed by atoms with Crippen LogP contribution in [0.3, 0.4) is 0 Å². The maximum absolute atomic E-state index is 12.3. The lowest BCUT2D eigenvalue weighted by molar-refractivity contribution is -0.122. The number of hydrogen-bond acceptors (Lipinski definition) is 5. The zero-order valence-electron chi connectivity index (χ0n) is 13.7. The van der Waals surface area contributed by atoms with Crippen molar-refractivity contribution in [2.45, 2.75) is 20.0 Å². The Morgan fingerprint density at radius 2 is 2.20 bits per heavy atom. The van der Waals surface area contributed by atoms with E-state index in [2.05, 4.69) is 15.3 Å². The number of nitrogens with zero attached hydrogens (tertiary/aromatic N) is 2. The molecule has 0 spiro atoms. The van der Waals surface area contributed by atoms with Crippen molar-refractivity contribution in [2.24, 2.45) is 0 Å². The minimum atomic E-state index is -0.661. The molecule has 0 fully saturated rings. The number of carbonyl (C=O) groups is 1. The molecule has 1 aromatic carbocycles. The number of aromatic nitrogens is 2. The molecule has 0 radical (unpaired) electrons. The van der Waals surface area contributed by atoms with Gasteiger partial charge in [0.05, 0.1) is 5.69 Å². The summed E-state index contributed by atoms with van der Waals surface area (Å²) in [6, 6.07) is 9.05. The quantitative estimate of drug-likeness (QED) is 0.711. The standard InChI is InChI=1S/C18H16ClN3O2S/c1-11-8-14(5-6-15(11)19)24-12(2)17(23)22-18-21-16(10-25-18)13-4-3-7-20-9-13/h3-10,12H,1-2H3,(H,21,22,23). The van der Waals surface area contributed by atoms with Gasteiger partial charge in [0.1, 0.15) is 5.75 Å². The van der Waals surface area contributed by atoms with Gasteiger partial charge >= 0.3 is 0 Å². The molecule has 0 saturated carbocycles. The van der Waals surface area contributed by atoms with Crippen LogP contribution >= 0.6 is 22.9 Å². The van der Waals surface area contributed by atoms with Crippen LogP contribution in [0.25, 0.3) is 11.3 Å². The minimum Gasteiger partial charge on any atom is -0.481 e. The molecular formula is C18H16ClN3O2S. The zero-order valence-corrected chi connectivity index (χ0v) is 15.3. The Bertz CT molecular complexity index is 883. The number of pyridine rings is 1. The number of thiazole rings is 1. The normalized spacial score (nSPS) is 11.8. The lowest BCUT2D eigenvalue weighted by Gasteiger charge is -2.14. The number of amides is 1. The van der Waals surface area contributed by atoms with Gasteiger partial charge in [-0.25, -0.2) is 4.98 Å². The Kier molecular flexibility index (Phi) is 5.31. The molecule has 2 heterocycles. The molecule has 25 heavy (non-hydrogen) atoms. The van der Waals surface area contributed by atoms with Crippen LogP contribution in [-0.4, -0.2) is 22.0 Å². The topological polar surface area (TPSA) is 64.1 Å². The van der Waals surface area contributed by atoms with Crippen molar-refractivity contribution in [2.75, 3.05) is 5.32 Å². The van der Waals surface area contributed by atoms with E-state index in [9.17, 15) is 4.79 Å². The van der Waals surface area contributed by atoms with Crippen LogP contribution in [-0.2, 0) is 4.79 Å². The molecule has 128 valence electrons. The van der Waals surface area contributed by atoms with Gasteiger partial charge in [0, 0.05) is 28.4 Å². The smallest absolute Gasteiger partial charge is 0.266 e. The molecule has 0 aliphatic carbocycles. The molecular weight excluding hydrogens is 358 g/mol. The second-order valence-corrected chi connectivity index (χ2v) is 6.71. The number of hydrogen-bond donors (Lipinski definition) is 1. The highest BCUT2D eigenvalue weighted by Crippen LogP contribution is 2.25. The first-order valence-electron chi connectivity index (χ1n) is 7.62. The third-order valence-corrected chi connectivity index (χ3v) is 4.68. The second kappa shape index (κ2) is 7.63. The average Bonchev–Trinajstić information content (AvgIpc) is 3.07. The van der Waals surface area contributed by atoms with Crippen LogP contribution in [0.15, 0.2) is 48.1 Å². The van der Waals surface area contributed by atoms with E-state index in [0.29, 0.717) is 15.9 Å². The molecule has 0 saturated heterocycles. The van der Waals surface area contributed by atoms with E-state index in [0.717, 1.165) is 16.8 Å². The maximum Gasteiger partial charge on any atom is 0.266 e. The molecule has 1 amide bonds. The first-order chi connectivity index (χ1) is 12.0. The number of ether oxygens (including phenoxy) is 1. The predicted molar refractivity (Wildman–Crippen MR) is 100 cm³/mol. The first-order valence-corrected chi connectivity index (χ1v) is 8.88. The fourth-order valence-corrected chi connectivity index (χ4v) is 2.97. The molecule has 1 atom stereocenters. The summed E-state index contributed by atoms with van der Waals surface area (Å²) < 4.78 is 5.67. The number of benzene rings is 1. The van der Waals surface area contributed by atoms with Crippen molar-refractivity contribution in [1.82, 2.24) is 9.97 Å². The van der Waals surface area contributed by atoms with E-state index in [4.69, 9.17) is 16.3 Å². The lowest BCUT2D eigenvalue weighted by Crippen LogP contribution is -2.30. The predicted octanol–water partition coefficient (Wildman–Crippen LogP) is 4.57. The molecule has 0 aliphatic rings. The molecule has 3 rings (SSSR count). The number of halogens is 1. The molecule has 2 aromatic heterocycles. The van der Waals surface area contributed by atoms with Crippen LogP contribution in [0.2, 0.25) is 5.02 Å². The first kappa shape index (κ1) is 17.4. The SMILES string of the molecule is Cc1cc(OC(C)C(=O)Nc2nc(-c3cccnc3)cs2)ccc1Cl. The summed E-state index contributed by atoms with van der Waals surface area (Å²) in [7, 11) is 0. The van der Waals surface area contributed by atoms with Gasteiger partial charge in [-0.05, 0) is 49.7 Å². The van der Waals surface area contributed by atoms with Crippen molar-refractivity contribution in [3.05, 3.63) is 58.7 Å². The summed E-state index contributed by atoms with van der Waals surface area (Å²) in [5.41, 5.74) is 2.57. The summed E-state index contributed by atoms with van der Waals surface area (Å²) in [5, 5.41) is 5.83. The number of nitrogens with one attached hydrogen (secondary N) is 1. The Labute approximate surface area is 154 Å². The summed E-state index contributed by atoms with van der Waals surface area (Å²) in [6.07, 6.45) is 2.78. The third kappa shape index (κ3) is 4.35. The summed E-state index contributed by atoms with van der Waals surface area (Å²) >= 11 is 7.35. The Morgan fingerprint density at radius 3 is 2.92 bits per heavy atom. The van der Waals surface area contributed by atoms with Crippen LogP contribution in [0.4, 0.5) is 5.13 Å². The summed E-state index contributed by atoms with van der Waals surface area (Å²) in [6.45, 7) is 3.57. The monoisotopic (exact) mass is 373 g/mol. The Balaban J connectivity index is 1.63. The van der Waals surface area contributed by atoms with E-state index in [1.807, 2.05) is 24.4 Å². The van der Waals surface area contributed by atoms with E-state index in [1.165, 1.54) is 11.3 Å². The van der Waals surface area contributed by atoms with Crippen molar-refractivity contribution in [3.63, 3.8) is 0 Å². The fraction of sp³-hybridized carbons (Fsp3) is 0.167. The van der Waals surface area contributed by atoms with Crippen molar-refractivity contribution in [3.8, 4) is 17.0 Å². The van der Waals surface area contributed by atoms with E-state index in [1.54, 1.807) is 37.5 Å². The Morgan fingerprint density at radius 1 is 1.36 bits per heavy atom. The summed E-state index contributed by atoms with van der Waals surface area (Å²) in [5.74, 6) is 0.333. The van der Waals surface area contributed by atoms with Gasteiger partial charge in [-0.3, -0.25) is 15.1 Å². The van der Waals surface area contributed by atoms with E-state index >= 15 is 0 Å². The number of carbonyl (C=O) groups excluding carboxylic acids is 1. The van der Waals surface area contributed by atoms with Crippen LogP contribution in [0.5, 0.6) is 5.75 Å². The summed E-state index contributed by atoms with van der Waals surface area (Å²) in [4.78, 5) is 20.8. The lowest BCUT2D eigenvalue weighted by atomic mass is 10.2. The van der Waals surface area contributed by atoms with Gasteiger partial charge in [-0.15, -0.1) is 11.3 Å². The zero-order chi connectivity index (χ0) is 17.8. The van der Waals surface area contributed by atoms with E-state index < -0.39 is 6.10 Å². The van der Waals surface area contributed by atoms with Gasteiger partial charge < -0.3 is 4.74 Å². The van der Waals surface area contributed by atoms with Gasteiger partial charge in [-0.1, -0.05) is 11.6 Å². The third-order valence-electron chi connectivity index (χ3n) is 3.50. The van der Waals surface area contributed by atoms with E-state index in [-0.39, 0.29) is 5.91 Å². The van der Waals surface area contributed by atoms with Crippen LogP contribution in [0.1, 0.15) is 12.5 Å². The fourth-order valence-electron chi connectivity index (χ4n) is 2.13. The molecule has 7 heteroatoms. The Hall–Kier alpha value is -2.44. The van der Waals surface area contributed by atoms with Crippen molar-refractivity contribution >= 4 is 34.0 Å². The van der Waals surface area contributed by atoms with Gasteiger partial charge in [-0.2, -0.15) is 0 Å². The molecule has 0 bridgehead atoms. The number of aryl methyl sites for hydroxylation is 1. The minimum absolute atomic E-state index is 0.264. The van der Waals surface area contributed by atoms with Gasteiger partial charge in [0.25, 0.3) is 5.91 Å². The highest BCUT2D eigenvalue weighted by molar-refractivity contribution is 7.14. The molecule has 0 aliphatic heterocycles. The molecule has 3 aromatic rings. The number of rotatable bonds is 5. The number of anilines is 1. The maximum atomic E-state index is 12.3. The van der Waals surface area contributed by atoms with Gasteiger partial charge in [0.2, 0.25) is 0 Å². The van der Waals surface area contributed by atoms with Crippen LogP contribution in [0, 0.1) is 6.92 Å². The highest BCUT2D eigenvalue weighted by atomic mass is 35.5. The average molecular weight is 374 g/mol. The second-order valence-electron chi connectivity index (χ2n) is 5.44. The van der Waals surface area contributed by atoms with Crippen LogP contribution < -0.4 is 10.1 Å². The highest BCUT2D eigenvalue weighted by Gasteiger charge is 2.17. The molecule has 1 unspecified atom stereocenters. The van der Waals surface area contributed by atoms with Gasteiger partial charge in [0.15, 0.2) is 11.2 Å². The molecule has 1 N–H and O–H groups in total. The largest absolute Gasteiger partial charge is 0.481 e.